The third-order valence-electron chi connectivity index (χ3n) is 6.00. The Morgan fingerprint density at radius 1 is 0.971 bits per heavy atom. The van der Waals surface area contributed by atoms with Crippen LogP contribution in [0.2, 0.25) is 0 Å². The molecule has 6 nitrogen and oxygen atoms in total. The van der Waals surface area contributed by atoms with Gasteiger partial charge in [-0.1, -0.05) is 59.8 Å². The quantitative estimate of drug-likeness (QED) is 0.186. The molecule has 1 heterocycles. The zero-order valence-electron chi connectivity index (χ0n) is 18.9. The van der Waals surface area contributed by atoms with E-state index in [1.807, 2.05) is 24.3 Å². The molecule has 1 unspecified atom stereocenters. The number of aromatic amines is 1. The summed E-state index contributed by atoms with van der Waals surface area (Å²) in [7, 11) is 0. The second-order valence-electron chi connectivity index (χ2n) is 8.23. The number of H-pyrrole nitrogens is 1. The van der Waals surface area contributed by atoms with Gasteiger partial charge in [0.1, 0.15) is 5.82 Å². The Kier molecular flexibility index (Phi) is 6.87. The molecular formula is C28H23FN2O4. The van der Waals surface area contributed by atoms with Crippen LogP contribution < -0.4 is 5.56 Å². The summed E-state index contributed by atoms with van der Waals surface area (Å²) in [5, 5.41) is 22.3. The Hall–Kier alpha value is -4.52. The Bertz CT molecular complexity index is 1440. The van der Waals surface area contributed by atoms with Crippen LogP contribution >= 0.6 is 0 Å². The summed E-state index contributed by atoms with van der Waals surface area (Å²) >= 11 is 0. The standard InChI is InChI=1S/C28H23FN2O4/c1-17-14-22(16-30-27(17)32)26(31-35)15-24(23-4-2-3-5-25(23)29)20-10-6-18(7-11-20)19-8-12-21(13-9-19)28(33)34/h2-14,16,24,35H,15H2,1H3,(H,30,32)(H,33,34)/b31-26+. The minimum Gasteiger partial charge on any atom is -0.478 e. The normalized spacial score (nSPS) is 12.3. The molecule has 0 aliphatic rings. The van der Waals surface area contributed by atoms with Crippen LogP contribution in [0.25, 0.3) is 11.1 Å². The van der Waals surface area contributed by atoms with Crippen LogP contribution in [0.4, 0.5) is 4.39 Å². The number of hydrogen-bond donors (Lipinski definition) is 3. The van der Waals surface area contributed by atoms with Gasteiger partial charge < -0.3 is 15.3 Å². The molecule has 3 aromatic carbocycles. The zero-order valence-corrected chi connectivity index (χ0v) is 18.9. The number of benzene rings is 3. The Balaban J connectivity index is 1.70. The minimum absolute atomic E-state index is 0.190. The van der Waals surface area contributed by atoms with Crippen molar-refractivity contribution in [2.24, 2.45) is 5.16 Å². The highest BCUT2D eigenvalue weighted by Crippen LogP contribution is 2.33. The number of hydrogen-bond acceptors (Lipinski definition) is 4. The minimum atomic E-state index is -0.987. The van der Waals surface area contributed by atoms with E-state index in [0.717, 1.165) is 16.7 Å². The molecule has 1 aromatic heterocycles. The molecule has 4 aromatic rings. The maximum absolute atomic E-state index is 14.8. The van der Waals surface area contributed by atoms with E-state index < -0.39 is 11.9 Å². The molecule has 0 bridgehead atoms. The number of oxime groups is 1. The van der Waals surface area contributed by atoms with Crippen molar-refractivity contribution in [2.75, 3.05) is 0 Å². The number of carboxylic acids is 1. The molecule has 0 saturated heterocycles. The second kappa shape index (κ2) is 10.2. The SMILES string of the molecule is Cc1cc(/C(CC(c2ccc(-c3ccc(C(=O)O)cc3)cc2)c2ccccc2F)=N/O)c[nH]c1=O. The van der Waals surface area contributed by atoms with Crippen LogP contribution in [0.15, 0.2) is 95.0 Å². The topological polar surface area (TPSA) is 103 Å². The average molecular weight is 471 g/mol. The van der Waals surface area contributed by atoms with Gasteiger partial charge >= 0.3 is 5.97 Å². The van der Waals surface area contributed by atoms with E-state index in [9.17, 15) is 19.2 Å². The molecule has 0 fully saturated rings. The highest BCUT2D eigenvalue weighted by atomic mass is 19.1. The predicted molar refractivity (Wildman–Crippen MR) is 132 cm³/mol. The van der Waals surface area contributed by atoms with Crippen molar-refractivity contribution in [3.63, 3.8) is 0 Å². The number of halogens is 1. The summed E-state index contributed by atoms with van der Waals surface area (Å²) in [6.07, 6.45) is 1.67. The number of aryl methyl sites for hydroxylation is 1. The van der Waals surface area contributed by atoms with Crippen LogP contribution in [0.3, 0.4) is 0 Å². The van der Waals surface area contributed by atoms with Crippen LogP contribution in [0.1, 0.15) is 45.0 Å². The van der Waals surface area contributed by atoms with Crippen molar-refractivity contribution in [1.29, 1.82) is 0 Å². The van der Waals surface area contributed by atoms with Gasteiger partial charge in [-0.2, -0.15) is 0 Å². The molecule has 176 valence electrons. The van der Waals surface area contributed by atoms with E-state index >= 15 is 0 Å². The van der Waals surface area contributed by atoms with E-state index in [1.54, 1.807) is 55.5 Å². The molecule has 0 radical (unpaired) electrons. The van der Waals surface area contributed by atoms with E-state index in [2.05, 4.69) is 10.1 Å². The van der Waals surface area contributed by atoms with E-state index in [-0.39, 0.29) is 23.4 Å². The molecule has 0 aliphatic heterocycles. The lowest BCUT2D eigenvalue weighted by molar-refractivity contribution is 0.0697. The fourth-order valence-electron chi connectivity index (χ4n) is 4.05. The maximum atomic E-state index is 14.8. The van der Waals surface area contributed by atoms with E-state index in [4.69, 9.17) is 5.11 Å². The third kappa shape index (κ3) is 5.19. The van der Waals surface area contributed by atoms with Crippen molar-refractivity contribution in [3.05, 3.63) is 129 Å². The number of nitrogens with zero attached hydrogens (tertiary/aromatic N) is 1. The summed E-state index contributed by atoms with van der Waals surface area (Å²) in [5.41, 5.74) is 4.30. The van der Waals surface area contributed by atoms with Crippen molar-refractivity contribution in [2.45, 2.75) is 19.3 Å². The lowest BCUT2D eigenvalue weighted by Gasteiger charge is -2.20. The van der Waals surface area contributed by atoms with Gasteiger partial charge in [0.2, 0.25) is 0 Å². The van der Waals surface area contributed by atoms with Gasteiger partial charge in [0, 0.05) is 29.7 Å². The molecular weight excluding hydrogens is 447 g/mol. The molecule has 0 amide bonds. The molecule has 35 heavy (non-hydrogen) atoms. The molecule has 0 saturated carbocycles. The van der Waals surface area contributed by atoms with Crippen LogP contribution in [0.5, 0.6) is 0 Å². The Labute approximate surface area is 201 Å². The number of pyridine rings is 1. The number of rotatable bonds is 7. The van der Waals surface area contributed by atoms with Crippen LogP contribution in [-0.4, -0.2) is 27.0 Å². The largest absolute Gasteiger partial charge is 0.478 e. The highest BCUT2D eigenvalue weighted by Gasteiger charge is 2.22. The first-order chi connectivity index (χ1) is 16.9. The van der Waals surface area contributed by atoms with Gasteiger partial charge in [0.05, 0.1) is 11.3 Å². The molecule has 0 aliphatic carbocycles. The van der Waals surface area contributed by atoms with Gasteiger partial charge in [-0.25, -0.2) is 9.18 Å². The highest BCUT2D eigenvalue weighted by molar-refractivity contribution is 6.00. The van der Waals surface area contributed by atoms with Gasteiger partial charge in [0.25, 0.3) is 5.56 Å². The first-order valence-electron chi connectivity index (χ1n) is 11.0. The summed E-state index contributed by atoms with van der Waals surface area (Å²) in [6, 6.07) is 22.2. The van der Waals surface area contributed by atoms with Gasteiger partial charge in [-0.15, -0.1) is 0 Å². The summed E-state index contributed by atoms with van der Waals surface area (Å²) in [4.78, 5) is 25.5. The van der Waals surface area contributed by atoms with Crippen molar-refractivity contribution < 1.29 is 19.5 Å². The fourth-order valence-corrected chi connectivity index (χ4v) is 4.05. The molecule has 4 rings (SSSR count). The van der Waals surface area contributed by atoms with Crippen LogP contribution in [0, 0.1) is 12.7 Å². The van der Waals surface area contributed by atoms with Gasteiger partial charge in [-0.3, -0.25) is 4.79 Å². The number of aromatic carboxylic acids is 1. The Morgan fingerprint density at radius 3 is 2.17 bits per heavy atom. The number of carboxylic acid groups (broad SMARTS) is 1. The smallest absolute Gasteiger partial charge is 0.335 e. The monoisotopic (exact) mass is 470 g/mol. The maximum Gasteiger partial charge on any atom is 0.335 e. The molecule has 7 heteroatoms. The predicted octanol–water partition coefficient (Wildman–Crippen LogP) is 5.59. The van der Waals surface area contributed by atoms with E-state index in [0.29, 0.717) is 22.4 Å². The molecule has 1 atom stereocenters. The lowest BCUT2D eigenvalue weighted by atomic mass is 9.84. The second-order valence-corrected chi connectivity index (χ2v) is 8.23. The van der Waals surface area contributed by atoms with Crippen molar-refractivity contribution in [3.8, 4) is 11.1 Å². The molecule has 3 N–H and O–H groups in total. The van der Waals surface area contributed by atoms with E-state index in [1.165, 1.54) is 12.3 Å². The first kappa shape index (κ1) is 23.6. The number of carbonyl (C=O) groups is 1. The third-order valence-corrected chi connectivity index (χ3v) is 6.00. The van der Waals surface area contributed by atoms with Gasteiger partial charge in [-0.05, 0) is 53.4 Å². The number of aromatic nitrogens is 1. The fraction of sp³-hybridized carbons (Fsp3) is 0.107. The number of nitrogens with one attached hydrogen (secondary N) is 1. The summed E-state index contributed by atoms with van der Waals surface area (Å²) in [6.45, 7) is 1.66. The lowest BCUT2D eigenvalue weighted by Crippen LogP contribution is -2.15. The summed E-state index contributed by atoms with van der Waals surface area (Å²) < 4.78 is 14.8. The van der Waals surface area contributed by atoms with Gasteiger partial charge in [0.15, 0.2) is 0 Å². The van der Waals surface area contributed by atoms with Crippen LogP contribution in [-0.2, 0) is 0 Å². The van der Waals surface area contributed by atoms with Crippen molar-refractivity contribution >= 4 is 11.7 Å². The summed E-state index contributed by atoms with van der Waals surface area (Å²) in [5.74, 6) is -1.82. The Morgan fingerprint density at radius 2 is 1.60 bits per heavy atom. The zero-order chi connectivity index (χ0) is 24.9. The van der Waals surface area contributed by atoms with Crippen molar-refractivity contribution in [1.82, 2.24) is 4.98 Å². The first-order valence-corrected chi connectivity index (χ1v) is 11.0. The molecule has 0 spiro atoms. The average Bonchev–Trinajstić information content (AvgIpc) is 2.87.